The number of piperidine rings is 1. The molecule has 0 spiro atoms. The largest absolute Gasteiger partial charge is 0.317 e. The number of pyridine rings is 2. The van der Waals surface area contributed by atoms with Crippen molar-refractivity contribution >= 4 is 17.3 Å². The lowest BCUT2D eigenvalue weighted by Crippen LogP contribution is -2.29. The maximum absolute atomic E-state index is 14.4. The molecule has 5 rings (SSSR count). The van der Waals surface area contributed by atoms with Gasteiger partial charge in [0.05, 0.1) is 29.5 Å². The van der Waals surface area contributed by atoms with Crippen LogP contribution in [0.1, 0.15) is 30.1 Å². The number of fused-ring (bicyclic) bond motifs is 1. The normalized spacial score (nSPS) is 14.7. The van der Waals surface area contributed by atoms with Crippen LogP contribution in [0.5, 0.6) is 0 Å². The topological polar surface area (TPSA) is 83.8 Å². The van der Waals surface area contributed by atoms with Crippen LogP contribution in [0.25, 0.3) is 16.6 Å². The number of rotatable bonds is 4. The molecule has 1 fully saturated rings. The summed E-state index contributed by atoms with van der Waals surface area (Å²) < 4.78 is 18.1. The van der Waals surface area contributed by atoms with Gasteiger partial charge < -0.3 is 5.32 Å². The van der Waals surface area contributed by atoms with Crippen molar-refractivity contribution in [2.24, 2.45) is 0 Å². The summed E-state index contributed by atoms with van der Waals surface area (Å²) in [6.45, 7) is 3.81. The summed E-state index contributed by atoms with van der Waals surface area (Å²) >= 11 is 1.20. The van der Waals surface area contributed by atoms with E-state index in [1.54, 1.807) is 10.6 Å². The van der Waals surface area contributed by atoms with Gasteiger partial charge in [-0.3, -0.25) is 4.68 Å². The van der Waals surface area contributed by atoms with E-state index < -0.39 is 5.82 Å². The van der Waals surface area contributed by atoms with E-state index in [0.717, 1.165) is 47.6 Å². The Morgan fingerprint density at radius 3 is 2.81 bits per heavy atom. The SMILES string of the molecule is Cc1ccc(F)c(Sc2cc(-c3cnn(C4CCNCC4)c3)cn3ncc(C#N)c23)n1. The van der Waals surface area contributed by atoms with E-state index in [9.17, 15) is 9.65 Å². The summed E-state index contributed by atoms with van der Waals surface area (Å²) in [5.41, 5.74) is 3.66. The number of halogens is 1. The molecular formula is C22H20FN7S. The van der Waals surface area contributed by atoms with Crippen LogP contribution in [-0.2, 0) is 0 Å². The van der Waals surface area contributed by atoms with Crippen molar-refractivity contribution in [1.82, 2.24) is 29.7 Å². The molecular weight excluding hydrogens is 413 g/mol. The first-order valence-electron chi connectivity index (χ1n) is 10.1. The smallest absolute Gasteiger partial charge is 0.155 e. The van der Waals surface area contributed by atoms with Gasteiger partial charge in [0, 0.05) is 34.1 Å². The van der Waals surface area contributed by atoms with Gasteiger partial charge in [0.2, 0.25) is 0 Å². The lowest BCUT2D eigenvalue weighted by molar-refractivity contribution is 0.343. The summed E-state index contributed by atoms with van der Waals surface area (Å²) in [7, 11) is 0. The van der Waals surface area contributed by atoms with Crippen molar-refractivity contribution < 1.29 is 4.39 Å². The van der Waals surface area contributed by atoms with E-state index in [1.165, 1.54) is 24.0 Å². The molecule has 0 atom stereocenters. The Bertz CT molecular complexity index is 1300. The minimum Gasteiger partial charge on any atom is -0.317 e. The third kappa shape index (κ3) is 3.80. The van der Waals surface area contributed by atoms with Gasteiger partial charge in [-0.25, -0.2) is 13.9 Å². The first kappa shape index (κ1) is 19.7. The number of nitrogens with one attached hydrogen (secondary N) is 1. The average molecular weight is 434 g/mol. The summed E-state index contributed by atoms with van der Waals surface area (Å²) in [6, 6.07) is 7.56. The van der Waals surface area contributed by atoms with E-state index in [4.69, 9.17) is 0 Å². The van der Waals surface area contributed by atoms with E-state index in [2.05, 4.69) is 26.6 Å². The van der Waals surface area contributed by atoms with Crippen LogP contribution in [-0.4, -0.2) is 37.5 Å². The molecule has 4 aromatic heterocycles. The van der Waals surface area contributed by atoms with Crippen LogP contribution >= 0.6 is 11.8 Å². The molecule has 0 bridgehead atoms. The summed E-state index contributed by atoms with van der Waals surface area (Å²) in [4.78, 5) is 5.06. The van der Waals surface area contributed by atoms with Crippen molar-refractivity contribution in [2.45, 2.75) is 35.7 Å². The maximum Gasteiger partial charge on any atom is 0.155 e. The predicted octanol–water partition coefficient (Wildman–Crippen LogP) is 3.99. The van der Waals surface area contributed by atoms with Gasteiger partial charge in [0.1, 0.15) is 11.1 Å². The molecule has 0 unspecified atom stereocenters. The number of aromatic nitrogens is 5. The zero-order valence-electron chi connectivity index (χ0n) is 16.9. The van der Waals surface area contributed by atoms with Crippen molar-refractivity contribution in [1.29, 1.82) is 5.26 Å². The highest BCUT2D eigenvalue weighted by molar-refractivity contribution is 7.99. The summed E-state index contributed by atoms with van der Waals surface area (Å²) in [6.07, 6.45) is 9.39. The molecule has 1 aliphatic heterocycles. The molecule has 5 heterocycles. The first-order chi connectivity index (χ1) is 15.1. The fraction of sp³-hybridized carbons (Fsp3) is 0.273. The van der Waals surface area contributed by atoms with Gasteiger partial charge >= 0.3 is 0 Å². The molecule has 9 heteroatoms. The molecule has 156 valence electrons. The van der Waals surface area contributed by atoms with Crippen LogP contribution in [0.3, 0.4) is 0 Å². The second-order valence-corrected chi connectivity index (χ2v) is 8.62. The number of nitriles is 1. The molecule has 31 heavy (non-hydrogen) atoms. The molecule has 0 aliphatic carbocycles. The molecule has 4 aromatic rings. The fourth-order valence-electron chi connectivity index (χ4n) is 3.85. The summed E-state index contributed by atoms with van der Waals surface area (Å²) in [5, 5.41) is 22.1. The van der Waals surface area contributed by atoms with Gasteiger partial charge in [0.15, 0.2) is 5.82 Å². The minimum absolute atomic E-state index is 0.273. The molecule has 0 saturated carbocycles. The molecule has 1 aliphatic rings. The highest BCUT2D eigenvalue weighted by Gasteiger charge is 2.19. The second-order valence-electron chi connectivity index (χ2n) is 7.59. The van der Waals surface area contributed by atoms with Gasteiger partial charge in [-0.1, -0.05) is 11.8 Å². The summed E-state index contributed by atoms with van der Waals surface area (Å²) in [5.74, 6) is -0.393. The fourth-order valence-corrected chi connectivity index (χ4v) is 4.90. The lowest BCUT2D eigenvalue weighted by Gasteiger charge is -2.22. The Labute approximate surface area is 182 Å². The first-order valence-corrected chi connectivity index (χ1v) is 10.9. The lowest BCUT2D eigenvalue weighted by atomic mass is 10.1. The minimum atomic E-state index is -0.393. The van der Waals surface area contributed by atoms with Gasteiger partial charge in [-0.2, -0.15) is 15.5 Å². The Morgan fingerprint density at radius 1 is 1.16 bits per heavy atom. The van der Waals surface area contributed by atoms with E-state index in [-0.39, 0.29) is 5.03 Å². The molecule has 0 aromatic carbocycles. The molecule has 0 amide bonds. The monoisotopic (exact) mass is 433 g/mol. The quantitative estimate of drug-likeness (QED) is 0.524. The Balaban J connectivity index is 1.58. The molecule has 7 nitrogen and oxygen atoms in total. The van der Waals surface area contributed by atoms with Crippen molar-refractivity contribution in [3.05, 3.63) is 60.1 Å². The van der Waals surface area contributed by atoms with Crippen LogP contribution in [0.4, 0.5) is 4.39 Å². The number of nitrogens with zero attached hydrogens (tertiary/aromatic N) is 6. The highest BCUT2D eigenvalue weighted by Crippen LogP contribution is 2.36. The van der Waals surface area contributed by atoms with E-state index in [1.807, 2.05) is 36.3 Å². The number of hydrogen-bond donors (Lipinski definition) is 1. The van der Waals surface area contributed by atoms with Crippen molar-refractivity contribution in [2.75, 3.05) is 13.1 Å². The van der Waals surface area contributed by atoms with Gasteiger partial charge in [-0.15, -0.1) is 0 Å². The Kier molecular flexibility index (Phi) is 5.18. The van der Waals surface area contributed by atoms with Gasteiger partial charge in [0.25, 0.3) is 0 Å². The van der Waals surface area contributed by atoms with Gasteiger partial charge in [-0.05, 0) is 51.1 Å². The molecule has 0 radical (unpaired) electrons. The Morgan fingerprint density at radius 2 is 2.00 bits per heavy atom. The van der Waals surface area contributed by atoms with Crippen LogP contribution in [0, 0.1) is 24.1 Å². The third-order valence-corrected chi connectivity index (χ3v) is 6.49. The second kappa shape index (κ2) is 8.13. The Hall–Kier alpha value is -3.22. The van der Waals surface area contributed by atoms with Crippen molar-refractivity contribution in [3.8, 4) is 17.2 Å². The molecule has 1 N–H and O–H groups in total. The zero-order valence-corrected chi connectivity index (χ0v) is 17.7. The number of hydrogen-bond acceptors (Lipinski definition) is 6. The third-order valence-electron chi connectivity index (χ3n) is 5.47. The zero-order chi connectivity index (χ0) is 21.4. The number of aryl methyl sites for hydroxylation is 1. The van der Waals surface area contributed by atoms with E-state index in [0.29, 0.717) is 17.1 Å². The predicted molar refractivity (Wildman–Crippen MR) is 115 cm³/mol. The van der Waals surface area contributed by atoms with E-state index >= 15 is 0 Å². The van der Waals surface area contributed by atoms with Crippen LogP contribution in [0.2, 0.25) is 0 Å². The van der Waals surface area contributed by atoms with Crippen LogP contribution in [0.15, 0.2) is 52.9 Å². The highest BCUT2D eigenvalue weighted by atomic mass is 32.2. The molecule has 1 saturated heterocycles. The average Bonchev–Trinajstić information content (AvgIpc) is 3.44. The standard InChI is InChI=1S/C22H20FN7S/c1-14-2-3-19(23)22(28-14)31-20-8-15(12-30-21(20)16(9-24)10-27-30)17-11-26-29(13-17)18-4-6-25-7-5-18/h2-3,8,10-13,18,25H,4-7H2,1H3. The van der Waals surface area contributed by atoms with Crippen molar-refractivity contribution in [3.63, 3.8) is 0 Å². The van der Waals surface area contributed by atoms with Crippen LogP contribution < -0.4 is 5.32 Å². The maximum atomic E-state index is 14.4.